The first-order valence-electron chi connectivity index (χ1n) is 9.19. The summed E-state index contributed by atoms with van der Waals surface area (Å²) >= 11 is 6.31. The number of nitriles is 1. The maximum absolute atomic E-state index is 13.2. The van der Waals surface area contributed by atoms with Crippen LogP contribution in [0.2, 0.25) is 5.02 Å². The lowest BCUT2D eigenvalue weighted by atomic mass is 9.92. The first-order valence-corrected chi connectivity index (χ1v) is 9.57. The van der Waals surface area contributed by atoms with Crippen molar-refractivity contribution in [3.05, 3.63) is 46.0 Å². The first kappa shape index (κ1) is 18.0. The number of hydrogen-bond acceptors (Lipinski definition) is 5. The van der Waals surface area contributed by atoms with E-state index in [2.05, 4.69) is 25.8 Å². The SMILES string of the molecule is Cc1nc(N2CCC3CCN(c4ccc(F)cn4)CC32)c(C#N)c(C)c1Cl. The number of aromatic nitrogens is 2. The third-order valence-electron chi connectivity index (χ3n) is 5.80. The van der Waals surface area contributed by atoms with Crippen molar-refractivity contribution in [1.82, 2.24) is 9.97 Å². The molecule has 4 heterocycles. The molecule has 0 radical (unpaired) electrons. The Hall–Kier alpha value is -2.39. The van der Waals surface area contributed by atoms with Gasteiger partial charge in [0, 0.05) is 19.6 Å². The molecule has 0 spiro atoms. The summed E-state index contributed by atoms with van der Waals surface area (Å²) in [5, 5.41) is 10.3. The van der Waals surface area contributed by atoms with Crippen LogP contribution in [0.1, 0.15) is 29.7 Å². The summed E-state index contributed by atoms with van der Waals surface area (Å²) in [5.41, 5.74) is 2.10. The average Bonchev–Trinajstić information content (AvgIpc) is 3.09. The Morgan fingerprint density at radius 1 is 1.26 bits per heavy atom. The predicted molar refractivity (Wildman–Crippen MR) is 104 cm³/mol. The van der Waals surface area contributed by atoms with Gasteiger partial charge in [0.2, 0.25) is 0 Å². The number of piperidine rings is 1. The number of rotatable bonds is 2. The van der Waals surface area contributed by atoms with Crippen molar-refractivity contribution >= 4 is 23.2 Å². The van der Waals surface area contributed by atoms with E-state index in [4.69, 9.17) is 11.6 Å². The molecule has 2 aliphatic heterocycles. The number of aryl methyl sites for hydroxylation is 1. The van der Waals surface area contributed by atoms with Crippen molar-refractivity contribution in [3.63, 3.8) is 0 Å². The average molecular weight is 386 g/mol. The second-order valence-corrected chi connectivity index (χ2v) is 7.70. The zero-order valence-corrected chi connectivity index (χ0v) is 16.2. The fraction of sp³-hybridized carbons (Fsp3) is 0.450. The Balaban J connectivity index is 1.66. The van der Waals surface area contributed by atoms with E-state index in [9.17, 15) is 9.65 Å². The smallest absolute Gasteiger partial charge is 0.147 e. The molecule has 2 fully saturated rings. The van der Waals surface area contributed by atoms with Gasteiger partial charge < -0.3 is 9.80 Å². The van der Waals surface area contributed by atoms with E-state index in [1.165, 1.54) is 12.3 Å². The van der Waals surface area contributed by atoms with Crippen molar-refractivity contribution in [2.75, 3.05) is 29.4 Å². The topological polar surface area (TPSA) is 56.1 Å². The van der Waals surface area contributed by atoms with Gasteiger partial charge in [-0.05, 0) is 50.3 Å². The number of halogens is 2. The van der Waals surface area contributed by atoms with Gasteiger partial charge in [-0.1, -0.05) is 11.6 Å². The molecular formula is C20H21ClFN5. The first-order chi connectivity index (χ1) is 13.0. The molecule has 2 atom stereocenters. The highest BCUT2D eigenvalue weighted by molar-refractivity contribution is 6.32. The number of anilines is 2. The van der Waals surface area contributed by atoms with E-state index in [1.807, 2.05) is 13.8 Å². The van der Waals surface area contributed by atoms with Gasteiger partial charge in [0.15, 0.2) is 0 Å². The van der Waals surface area contributed by atoms with E-state index in [0.29, 0.717) is 16.5 Å². The van der Waals surface area contributed by atoms with Crippen LogP contribution in [0.3, 0.4) is 0 Å². The van der Waals surface area contributed by atoms with Crippen LogP contribution >= 0.6 is 11.6 Å². The molecule has 7 heteroatoms. The van der Waals surface area contributed by atoms with Crippen LogP contribution in [0.15, 0.2) is 18.3 Å². The maximum atomic E-state index is 13.2. The normalized spacial score (nSPS) is 21.9. The maximum Gasteiger partial charge on any atom is 0.147 e. The van der Waals surface area contributed by atoms with Crippen molar-refractivity contribution < 1.29 is 4.39 Å². The lowest BCUT2D eigenvalue weighted by molar-refractivity contribution is 0.388. The van der Waals surface area contributed by atoms with E-state index < -0.39 is 0 Å². The number of pyridine rings is 2. The number of hydrogen-bond donors (Lipinski definition) is 0. The van der Waals surface area contributed by atoms with Crippen molar-refractivity contribution in [1.29, 1.82) is 5.26 Å². The number of nitrogens with zero attached hydrogens (tertiary/aromatic N) is 5. The Morgan fingerprint density at radius 2 is 2.04 bits per heavy atom. The molecule has 0 aromatic carbocycles. The summed E-state index contributed by atoms with van der Waals surface area (Å²) < 4.78 is 13.2. The monoisotopic (exact) mass is 385 g/mol. The lowest BCUT2D eigenvalue weighted by Gasteiger charge is -2.39. The highest BCUT2D eigenvalue weighted by atomic mass is 35.5. The van der Waals surface area contributed by atoms with Crippen molar-refractivity contribution in [3.8, 4) is 6.07 Å². The van der Waals surface area contributed by atoms with Crippen molar-refractivity contribution in [2.45, 2.75) is 32.7 Å². The van der Waals surface area contributed by atoms with Gasteiger partial charge in [-0.2, -0.15) is 5.26 Å². The molecule has 2 saturated heterocycles. The minimum absolute atomic E-state index is 0.255. The molecular weight excluding hydrogens is 365 g/mol. The molecule has 2 unspecified atom stereocenters. The minimum Gasteiger partial charge on any atom is -0.355 e. The van der Waals surface area contributed by atoms with Crippen LogP contribution in [-0.2, 0) is 0 Å². The summed E-state index contributed by atoms with van der Waals surface area (Å²) in [6, 6.07) is 5.73. The van der Waals surface area contributed by atoms with E-state index in [0.717, 1.165) is 55.4 Å². The molecule has 2 aromatic rings. The fourth-order valence-corrected chi connectivity index (χ4v) is 4.46. The summed E-state index contributed by atoms with van der Waals surface area (Å²) in [6.45, 7) is 6.33. The lowest BCUT2D eigenvalue weighted by Crippen LogP contribution is -2.49. The second-order valence-electron chi connectivity index (χ2n) is 7.33. The van der Waals surface area contributed by atoms with Crippen LogP contribution in [0.5, 0.6) is 0 Å². The minimum atomic E-state index is -0.328. The summed E-state index contributed by atoms with van der Waals surface area (Å²) in [7, 11) is 0. The third-order valence-corrected chi connectivity index (χ3v) is 6.36. The highest BCUT2D eigenvalue weighted by Crippen LogP contribution is 2.38. The Bertz CT molecular complexity index is 908. The van der Waals surface area contributed by atoms with Gasteiger partial charge in [0.25, 0.3) is 0 Å². The quantitative estimate of drug-likeness (QED) is 0.785. The van der Waals surface area contributed by atoms with Crippen LogP contribution in [0.4, 0.5) is 16.0 Å². The van der Waals surface area contributed by atoms with E-state index in [-0.39, 0.29) is 11.9 Å². The van der Waals surface area contributed by atoms with Gasteiger partial charge in [0.05, 0.1) is 28.5 Å². The summed E-state index contributed by atoms with van der Waals surface area (Å²) in [4.78, 5) is 13.4. The van der Waals surface area contributed by atoms with Crippen molar-refractivity contribution in [2.24, 2.45) is 5.92 Å². The molecule has 2 aromatic heterocycles. The fourth-order valence-electron chi connectivity index (χ4n) is 4.32. The van der Waals surface area contributed by atoms with Gasteiger partial charge >= 0.3 is 0 Å². The molecule has 140 valence electrons. The molecule has 5 nitrogen and oxygen atoms in total. The molecule has 0 bridgehead atoms. The Kier molecular flexibility index (Phi) is 4.65. The molecule has 2 aliphatic rings. The van der Waals surface area contributed by atoms with Crippen LogP contribution in [0, 0.1) is 36.9 Å². The zero-order chi connectivity index (χ0) is 19.1. The van der Waals surface area contributed by atoms with Gasteiger partial charge in [-0.3, -0.25) is 0 Å². The van der Waals surface area contributed by atoms with Gasteiger partial charge in [-0.15, -0.1) is 0 Å². The van der Waals surface area contributed by atoms with Crippen LogP contribution < -0.4 is 9.80 Å². The molecule has 27 heavy (non-hydrogen) atoms. The standard InChI is InChI=1S/C20H21ClFN5/c1-12-16(9-23)20(25-13(2)19(12)21)27-8-6-14-5-7-26(11-17(14)27)18-4-3-15(22)10-24-18/h3-4,10,14,17H,5-8,11H2,1-2H3. The zero-order valence-electron chi connectivity index (χ0n) is 15.4. The van der Waals surface area contributed by atoms with Crippen LogP contribution in [-0.4, -0.2) is 35.6 Å². The summed E-state index contributed by atoms with van der Waals surface area (Å²) in [5.74, 6) is 1.76. The third kappa shape index (κ3) is 3.10. The molecule has 0 amide bonds. The van der Waals surface area contributed by atoms with Gasteiger partial charge in [-0.25, -0.2) is 14.4 Å². The van der Waals surface area contributed by atoms with Crippen LogP contribution in [0.25, 0.3) is 0 Å². The summed E-state index contributed by atoms with van der Waals surface area (Å²) in [6.07, 6.45) is 3.39. The Labute approximate surface area is 163 Å². The molecule has 0 N–H and O–H groups in total. The second kappa shape index (κ2) is 6.97. The number of fused-ring (bicyclic) bond motifs is 1. The highest BCUT2D eigenvalue weighted by Gasteiger charge is 2.40. The predicted octanol–water partition coefficient (Wildman–Crippen LogP) is 3.86. The Morgan fingerprint density at radius 3 is 2.74 bits per heavy atom. The van der Waals surface area contributed by atoms with E-state index >= 15 is 0 Å². The van der Waals surface area contributed by atoms with Gasteiger partial charge in [0.1, 0.15) is 23.5 Å². The largest absolute Gasteiger partial charge is 0.355 e. The van der Waals surface area contributed by atoms with E-state index in [1.54, 1.807) is 6.07 Å². The molecule has 4 rings (SSSR count). The molecule has 0 aliphatic carbocycles. The molecule has 0 saturated carbocycles.